The lowest BCUT2D eigenvalue weighted by Gasteiger charge is -2.31. The predicted molar refractivity (Wildman–Crippen MR) is 93.2 cm³/mol. The van der Waals surface area contributed by atoms with Crippen LogP contribution in [0.3, 0.4) is 0 Å². The number of benzene rings is 1. The second-order valence-electron chi connectivity index (χ2n) is 6.58. The second-order valence-corrected chi connectivity index (χ2v) is 6.58. The number of pyridine rings is 1. The van der Waals surface area contributed by atoms with E-state index in [0.717, 1.165) is 49.1 Å². The van der Waals surface area contributed by atoms with Crippen LogP contribution < -0.4 is 4.74 Å². The number of nitrogens with zero attached hydrogens (tertiary/aromatic N) is 2. The van der Waals surface area contributed by atoms with Gasteiger partial charge < -0.3 is 14.4 Å². The number of carbonyl (C=O) groups excluding carboxylic acids is 1. The third-order valence-corrected chi connectivity index (χ3v) is 4.97. The molecule has 0 unspecified atom stereocenters. The molecule has 25 heavy (non-hydrogen) atoms. The van der Waals surface area contributed by atoms with Crippen LogP contribution in [0, 0.1) is 0 Å². The van der Waals surface area contributed by atoms with Gasteiger partial charge in [-0.3, -0.25) is 9.78 Å². The van der Waals surface area contributed by atoms with Crippen molar-refractivity contribution in [2.45, 2.75) is 38.3 Å². The van der Waals surface area contributed by atoms with Crippen molar-refractivity contribution in [2.75, 3.05) is 13.3 Å². The average Bonchev–Trinajstić information content (AvgIpc) is 2.94. The Hall–Kier alpha value is -2.40. The van der Waals surface area contributed by atoms with E-state index in [1.54, 1.807) is 12.4 Å². The maximum absolute atomic E-state index is 13.3. The van der Waals surface area contributed by atoms with E-state index in [1.807, 2.05) is 35.2 Å². The van der Waals surface area contributed by atoms with Crippen molar-refractivity contribution in [3.63, 3.8) is 0 Å². The molecule has 2 aliphatic heterocycles. The molecule has 1 saturated heterocycles. The number of carbonyl (C=O) groups is 1. The number of fused-ring (bicyclic) bond motifs is 1. The number of likely N-dealkylation sites (tertiary alicyclic amines) is 1. The van der Waals surface area contributed by atoms with Gasteiger partial charge in [-0.05, 0) is 48.7 Å². The molecular formula is C20H22N2O3. The SMILES string of the molecule is O=C(c1ccc2c(c1)COCO2)N1CCCCC[C@@H]1c1ccncc1. The summed E-state index contributed by atoms with van der Waals surface area (Å²) in [5.74, 6) is 0.890. The van der Waals surface area contributed by atoms with Crippen LogP contribution in [0.1, 0.15) is 53.2 Å². The Morgan fingerprint density at radius 3 is 2.88 bits per heavy atom. The van der Waals surface area contributed by atoms with Gasteiger partial charge in [-0.2, -0.15) is 0 Å². The maximum atomic E-state index is 13.3. The van der Waals surface area contributed by atoms with Crippen LogP contribution in [-0.2, 0) is 11.3 Å². The summed E-state index contributed by atoms with van der Waals surface area (Å²) < 4.78 is 10.8. The number of aromatic nitrogens is 1. The Morgan fingerprint density at radius 2 is 2.00 bits per heavy atom. The van der Waals surface area contributed by atoms with Crippen LogP contribution in [0.4, 0.5) is 0 Å². The Morgan fingerprint density at radius 1 is 1.12 bits per heavy atom. The fraction of sp³-hybridized carbons (Fsp3) is 0.400. The molecule has 1 aromatic heterocycles. The van der Waals surface area contributed by atoms with Crippen molar-refractivity contribution >= 4 is 5.91 Å². The normalized spacial score (nSPS) is 20.3. The average molecular weight is 338 g/mol. The molecule has 0 radical (unpaired) electrons. The molecule has 1 atom stereocenters. The Kier molecular flexibility index (Phi) is 4.65. The largest absolute Gasteiger partial charge is 0.467 e. The third kappa shape index (κ3) is 3.37. The zero-order valence-corrected chi connectivity index (χ0v) is 14.2. The van der Waals surface area contributed by atoms with E-state index in [4.69, 9.17) is 9.47 Å². The van der Waals surface area contributed by atoms with Crippen LogP contribution in [0.15, 0.2) is 42.7 Å². The smallest absolute Gasteiger partial charge is 0.254 e. The summed E-state index contributed by atoms with van der Waals surface area (Å²) in [7, 11) is 0. The van der Waals surface area contributed by atoms with Crippen LogP contribution >= 0.6 is 0 Å². The zero-order chi connectivity index (χ0) is 17.1. The quantitative estimate of drug-likeness (QED) is 0.838. The van der Waals surface area contributed by atoms with Crippen LogP contribution in [0.2, 0.25) is 0 Å². The summed E-state index contributed by atoms with van der Waals surface area (Å²) in [6, 6.07) is 9.80. The third-order valence-electron chi connectivity index (χ3n) is 4.97. The lowest BCUT2D eigenvalue weighted by atomic mass is 10.0. The van der Waals surface area contributed by atoms with Gasteiger partial charge in [0.05, 0.1) is 12.6 Å². The topological polar surface area (TPSA) is 51.7 Å². The number of ether oxygens (including phenoxy) is 2. The molecule has 1 amide bonds. The molecule has 2 aliphatic rings. The van der Waals surface area contributed by atoms with E-state index in [-0.39, 0.29) is 18.7 Å². The highest BCUT2D eigenvalue weighted by atomic mass is 16.7. The second kappa shape index (κ2) is 7.23. The van der Waals surface area contributed by atoms with E-state index in [9.17, 15) is 4.79 Å². The van der Waals surface area contributed by atoms with Gasteiger partial charge in [-0.25, -0.2) is 0 Å². The minimum atomic E-state index is 0.0806. The van der Waals surface area contributed by atoms with E-state index in [1.165, 1.54) is 0 Å². The monoisotopic (exact) mass is 338 g/mol. The first-order valence-electron chi connectivity index (χ1n) is 8.87. The highest BCUT2D eigenvalue weighted by molar-refractivity contribution is 5.95. The molecule has 4 rings (SSSR count). The van der Waals surface area contributed by atoms with Gasteiger partial charge in [0.15, 0.2) is 6.79 Å². The van der Waals surface area contributed by atoms with Crippen molar-refractivity contribution in [2.24, 2.45) is 0 Å². The fourth-order valence-electron chi connectivity index (χ4n) is 3.67. The molecule has 0 spiro atoms. The Balaban J connectivity index is 1.64. The molecule has 130 valence electrons. The molecule has 5 heteroatoms. The van der Waals surface area contributed by atoms with E-state index in [2.05, 4.69) is 4.98 Å². The van der Waals surface area contributed by atoms with Crippen molar-refractivity contribution in [1.29, 1.82) is 0 Å². The van der Waals surface area contributed by atoms with Gasteiger partial charge in [0.25, 0.3) is 5.91 Å². The van der Waals surface area contributed by atoms with Crippen LogP contribution in [0.5, 0.6) is 5.75 Å². The molecule has 1 aromatic carbocycles. The molecule has 0 N–H and O–H groups in total. The number of hydrogen-bond acceptors (Lipinski definition) is 4. The summed E-state index contributed by atoms with van der Waals surface area (Å²) in [6.45, 7) is 1.55. The van der Waals surface area contributed by atoms with Gasteiger partial charge in [0, 0.05) is 30.1 Å². The lowest BCUT2D eigenvalue weighted by molar-refractivity contribution is -0.0164. The van der Waals surface area contributed by atoms with Crippen molar-refractivity contribution in [1.82, 2.24) is 9.88 Å². The molecule has 0 aliphatic carbocycles. The minimum Gasteiger partial charge on any atom is -0.467 e. The standard InChI is InChI=1S/C20H22N2O3/c23-20(16-5-6-19-17(12-16)13-24-14-25-19)22-11-3-1-2-4-18(22)15-7-9-21-10-8-15/h5-10,12,18H,1-4,11,13-14H2/t18-/m1/s1. The minimum absolute atomic E-state index is 0.0806. The van der Waals surface area contributed by atoms with Gasteiger partial charge >= 0.3 is 0 Å². The summed E-state index contributed by atoms with van der Waals surface area (Å²) in [5, 5.41) is 0. The highest BCUT2D eigenvalue weighted by Crippen LogP contribution is 2.32. The summed E-state index contributed by atoms with van der Waals surface area (Å²) in [5.41, 5.74) is 2.80. The van der Waals surface area contributed by atoms with Gasteiger partial charge in [0.1, 0.15) is 5.75 Å². The molecule has 5 nitrogen and oxygen atoms in total. The van der Waals surface area contributed by atoms with E-state index >= 15 is 0 Å². The van der Waals surface area contributed by atoms with Crippen molar-refractivity contribution < 1.29 is 14.3 Å². The highest BCUT2D eigenvalue weighted by Gasteiger charge is 2.28. The Bertz CT molecular complexity index is 748. The van der Waals surface area contributed by atoms with E-state index in [0.29, 0.717) is 12.2 Å². The first-order chi connectivity index (χ1) is 12.3. The van der Waals surface area contributed by atoms with Crippen LogP contribution in [0.25, 0.3) is 0 Å². The van der Waals surface area contributed by atoms with Crippen LogP contribution in [-0.4, -0.2) is 29.1 Å². The molecule has 2 aromatic rings. The molecule has 0 bridgehead atoms. The fourth-order valence-corrected chi connectivity index (χ4v) is 3.67. The van der Waals surface area contributed by atoms with E-state index < -0.39 is 0 Å². The molecular weight excluding hydrogens is 316 g/mol. The first-order valence-corrected chi connectivity index (χ1v) is 8.87. The van der Waals surface area contributed by atoms with Crippen molar-refractivity contribution in [3.05, 3.63) is 59.4 Å². The van der Waals surface area contributed by atoms with Gasteiger partial charge in [-0.15, -0.1) is 0 Å². The van der Waals surface area contributed by atoms with Gasteiger partial charge in [-0.1, -0.05) is 12.8 Å². The first kappa shape index (κ1) is 16.1. The molecule has 3 heterocycles. The summed E-state index contributed by atoms with van der Waals surface area (Å²) in [4.78, 5) is 19.4. The number of rotatable bonds is 2. The predicted octanol–water partition coefficient (Wildman–Crippen LogP) is 3.71. The maximum Gasteiger partial charge on any atom is 0.254 e. The summed E-state index contributed by atoms with van der Waals surface area (Å²) in [6.07, 6.45) is 7.95. The van der Waals surface area contributed by atoms with Gasteiger partial charge in [0.2, 0.25) is 0 Å². The zero-order valence-electron chi connectivity index (χ0n) is 14.2. The molecule has 0 saturated carbocycles. The molecule has 1 fully saturated rings. The number of amides is 1. The lowest BCUT2D eigenvalue weighted by Crippen LogP contribution is -2.35. The summed E-state index contributed by atoms with van der Waals surface area (Å²) >= 11 is 0. The Labute approximate surface area is 147 Å². The van der Waals surface area contributed by atoms with Crippen molar-refractivity contribution in [3.8, 4) is 5.75 Å². The number of hydrogen-bond donors (Lipinski definition) is 0.